The number of carboxylic acids is 1. The summed E-state index contributed by atoms with van der Waals surface area (Å²) in [7, 11) is 2.05. The Kier molecular flexibility index (Phi) is 10.7. The van der Waals surface area contributed by atoms with Crippen molar-refractivity contribution >= 4 is 11.7 Å². The van der Waals surface area contributed by atoms with E-state index in [0.29, 0.717) is 37.2 Å². The zero-order valence-electron chi connectivity index (χ0n) is 21.9. The van der Waals surface area contributed by atoms with Crippen LogP contribution in [0.5, 0.6) is 5.75 Å². The highest BCUT2D eigenvalue weighted by atomic mass is 16.5. The number of benzene rings is 2. The van der Waals surface area contributed by atoms with Crippen LogP contribution in [0.3, 0.4) is 0 Å². The number of pyridine rings is 1. The topological polar surface area (TPSA) is 122 Å². The first-order valence-electron chi connectivity index (χ1n) is 12.6. The Hall–Kier alpha value is -4.40. The van der Waals surface area contributed by atoms with Crippen molar-refractivity contribution in [3.05, 3.63) is 88.2 Å². The normalized spacial score (nSPS) is 10.6. The number of nitrogens with one attached hydrogen (secondary N) is 1. The van der Waals surface area contributed by atoms with E-state index in [2.05, 4.69) is 34.4 Å². The molecule has 0 atom stereocenters. The molecule has 0 unspecified atom stereocenters. The third-order valence-electron chi connectivity index (χ3n) is 6.23. The van der Waals surface area contributed by atoms with Crippen LogP contribution < -0.4 is 10.1 Å². The number of carbonyl (C=O) groups is 1. The van der Waals surface area contributed by atoms with Gasteiger partial charge < -0.3 is 20.1 Å². The molecule has 0 saturated heterocycles. The molecular formula is C30H33N5O3. The number of aliphatic carboxylic acids is 1. The lowest BCUT2D eigenvalue weighted by atomic mass is 10.1. The number of unbranched alkanes of at least 4 members (excludes halogenated alkanes) is 2. The Bertz CT molecular complexity index is 1290. The standard InChI is InChI=1S/C30H33N5O3/c1-22-30(38-21-25-9-7-23(16-31)8-10-25)28(20-35(2)15-5-3-4-6-29(36)37)26(18-33-22)19-34-27-13-11-24(17-32)12-14-27/h7-14,18,34H,3-6,15,19-21H2,1-2H3,(H,36,37). The molecule has 3 rings (SSSR count). The van der Waals surface area contributed by atoms with Gasteiger partial charge in [-0.1, -0.05) is 18.6 Å². The molecule has 8 nitrogen and oxygen atoms in total. The van der Waals surface area contributed by atoms with E-state index in [1.54, 1.807) is 24.3 Å². The zero-order valence-corrected chi connectivity index (χ0v) is 21.9. The van der Waals surface area contributed by atoms with E-state index in [0.717, 1.165) is 53.2 Å². The Balaban J connectivity index is 1.77. The van der Waals surface area contributed by atoms with Crippen molar-refractivity contribution in [2.75, 3.05) is 18.9 Å². The molecule has 3 aromatic rings. The van der Waals surface area contributed by atoms with Gasteiger partial charge in [-0.3, -0.25) is 9.78 Å². The molecule has 1 aromatic heterocycles. The fourth-order valence-corrected chi connectivity index (χ4v) is 4.07. The zero-order chi connectivity index (χ0) is 27.3. The van der Waals surface area contributed by atoms with Crippen LogP contribution in [-0.2, 0) is 24.5 Å². The van der Waals surface area contributed by atoms with Gasteiger partial charge in [0.05, 0.1) is 29.0 Å². The molecule has 0 amide bonds. The first kappa shape index (κ1) is 28.2. The predicted octanol–water partition coefficient (Wildman–Crippen LogP) is 5.40. The van der Waals surface area contributed by atoms with E-state index < -0.39 is 5.97 Å². The summed E-state index contributed by atoms with van der Waals surface area (Å²) in [6.07, 6.45) is 4.52. The molecule has 38 heavy (non-hydrogen) atoms. The molecule has 0 bridgehead atoms. The van der Waals surface area contributed by atoms with Crippen molar-refractivity contribution < 1.29 is 14.6 Å². The minimum absolute atomic E-state index is 0.200. The first-order chi connectivity index (χ1) is 18.4. The van der Waals surface area contributed by atoms with Crippen molar-refractivity contribution in [2.45, 2.75) is 52.3 Å². The first-order valence-corrected chi connectivity index (χ1v) is 12.6. The molecule has 0 aliphatic rings. The highest BCUT2D eigenvalue weighted by Crippen LogP contribution is 2.28. The van der Waals surface area contributed by atoms with E-state index in [1.165, 1.54) is 0 Å². The van der Waals surface area contributed by atoms with Gasteiger partial charge in [0.25, 0.3) is 0 Å². The second-order valence-electron chi connectivity index (χ2n) is 9.26. The third kappa shape index (κ3) is 8.62. The summed E-state index contributed by atoms with van der Waals surface area (Å²) >= 11 is 0. The molecule has 2 aromatic carbocycles. The number of hydrogen-bond donors (Lipinski definition) is 2. The van der Waals surface area contributed by atoms with Gasteiger partial charge in [-0.05, 0) is 80.9 Å². The third-order valence-corrected chi connectivity index (χ3v) is 6.23. The summed E-state index contributed by atoms with van der Waals surface area (Å²) in [5.74, 6) is -0.0136. The summed E-state index contributed by atoms with van der Waals surface area (Å²) in [6, 6.07) is 18.9. The highest BCUT2D eigenvalue weighted by molar-refractivity contribution is 5.66. The van der Waals surface area contributed by atoms with Crippen LogP contribution in [0.2, 0.25) is 0 Å². The molecule has 1 heterocycles. The molecule has 196 valence electrons. The van der Waals surface area contributed by atoms with Crippen LogP contribution in [0.4, 0.5) is 5.69 Å². The number of aryl methyl sites for hydroxylation is 1. The van der Waals surface area contributed by atoms with Crippen LogP contribution in [0, 0.1) is 29.6 Å². The van der Waals surface area contributed by atoms with E-state index >= 15 is 0 Å². The number of carboxylic acid groups (broad SMARTS) is 1. The Morgan fingerprint density at radius 3 is 2.32 bits per heavy atom. The number of anilines is 1. The maximum Gasteiger partial charge on any atom is 0.303 e. The smallest absolute Gasteiger partial charge is 0.303 e. The fraction of sp³-hybridized carbons (Fsp3) is 0.333. The summed E-state index contributed by atoms with van der Waals surface area (Å²) in [5, 5.41) is 30.4. The lowest BCUT2D eigenvalue weighted by Crippen LogP contribution is -2.22. The molecule has 0 radical (unpaired) electrons. The maximum atomic E-state index is 10.8. The van der Waals surface area contributed by atoms with Gasteiger partial charge in [-0.15, -0.1) is 0 Å². The largest absolute Gasteiger partial charge is 0.487 e. The van der Waals surface area contributed by atoms with Gasteiger partial charge in [-0.2, -0.15) is 10.5 Å². The molecule has 2 N–H and O–H groups in total. The van der Waals surface area contributed by atoms with Crippen LogP contribution in [0.1, 0.15) is 59.2 Å². The number of hydrogen-bond acceptors (Lipinski definition) is 7. The van der Waals surface area contributed by atoms with Crippen molar-refractivity contribution in [3.8, 4) is 17.9 Å². The predicted molar refractivity (Wildman–Crippen MR) is 145 cm³/mol. The van der Waals surface area contributed by atoms with E-state index in [1.807, 2.05) is 37.4 Å². The molecular weight excluding hydrogens is 478 g/mol. The van der Waals surface area contributed by atoms with Crippen molar-refractivity contribution in [3.63, 3.8) is 0 Å². The summed E-state index contributed by atoms with van der Waals surface area (Å²) in [6.45, 7) is 4.30. The molecule has 0 saturated carbocycles. The highest BCUT2D eigenvalue weighted by Gasteiger charge is 2.17. The van der Waals surface area contributed by atoms with E-state index in [9.17, 15) is 4.79 Å². The minimum atomic E-state index is -0.755. The van der Waals surface area contributed by atoms with Crippen molar-refractivity contribution in [1.29, 1.82) is 10.5 Å². The molecule has 0 spiro atoms. The average Bonchev–Trinajstić information content (AvgIpc) is 2.92. The molecule has 0 aliphatic heterocycles. The minimum Gasteiger partial charge on any atom is -0.487 e. The van der Waals surface area contributed by atoms with Crippen molar-refractivity contribution in [2.24, 2.45) is 0 Å². The van der Waals surface area contributed by atoms with Gasteiger partial charge in [0.2, 0.25) is 0 Å². The average molecular weight is 512 g/mol. The number of ether oxygens (including phenoxy) is 1. The number of aromatic nitrogens is 1. The van der Waals surface area contributed by atoms with Crippen LogP contribution in [0.15, 0.2) is 54.7 Å². The fourth-order valence-electron chi connectivity index (χ4n) is 4.07. The Morgan fingerprint density at radius 2 is 1.68 bits per heavy atom. The molecule has 0 fully saturated rings. The Morgan fingerprint density at radius 1 is 1.03 bits per heavy atom. The van der Waals surface area contributed by atoms with Crippen molar-refractivity contribution in [1.82, 2.24) is 9.88 Å². The molecule has 0 aliphatic carbocycles. The summed E-state index contributed by atoms with van der Waals surface area (Å²) in [5.41, 5.74) is 5.92. The van der Waals surface area contributed by atoms with Gasteiger partial charge in [0.1, 0.15) is 12.4 Å². The van der Waals surface area contributed by atoms with E-state index in [-0.39, 0.29) is 6.42 Å². The number of nitriles is 2. The monoisotopic (exact) mass is 511 g/mol. The van der Waals surface area contributed by atoms with Crippen LogP contribution in [0.25, 0.3) is 0 Å². The second kappa shape index (κ2) is 14.4. The van der Waals surface area contributed by atoms with E-state index in [4.69, 9.17) is 20.4 Å². The lowest BCUT2D eigenvalue weighted by molar-refractivity contribution is -0.137. The van der Waals surface area contributed by atoms with Gasteiger partial charge in [-0.25, -0.2) is 0 Å². The summed E-state index contributed by atoms with van der Waals surface area (Å²) < 4.78 is 6.32. The van der Waals surface area contributed by atoms with Crippen LogP contribution >= 0.6 is 0 Å². The maximum absolute atomic E-state index is 10.8. The Labute approximate surface area is 224 Å². The van der Waals surface area contributed by atoms with Gasteiger partial charge >= 0.3 is 5.97 Å². The lowest BCUT2D eigenvalue weighted by Gasteiger charge is -2.23. The van der Waals surface area contributed by atoms with Gasteiger partial charge in [0, 0.05) is 37.0 Å². The molecule has 8 heteroatoms. The van der Waals surface area contributed by atoms with Gasteiger partial charge in [0.15, 0.2) is 0 Å². The quantitative estimate of drug-likeness (QED) is 0.276. The number of rotatable bonds is 14. The number of nitrogens with zero attached hydrogens (tertiary/aromatic N) is 4. The second-order valence-corrected chi connectivity index (χ2v) is 9.26. The SMILES string of the molecule is Cc1ncc(CNc2ccc(C#N)cc2)c(CN(C)CCCCCC(=O)O)c1OCc1ccc(C#N)cc1. The van der Waals surface area contributed by atoms with Crippen LogP contribution in [-0.4, -0.2) is 34.6 Å². The summed E-state index contributed by atoms with van der Waals surface area (Å²) in [4.78, 5) is 17.6.